The van der Waals surface area contributed by atoms with Crippen LogP contribution >= 0.6 is 0 Å². The third kappa shape index (κ3) is 3.42. The number of anilines is 1. The summed E-state index contributed by atoms with van der Waals surface area (Å²) < 4.78 is 15.5. The molecule has 2 rings (SSSR count). The summed E-state index contributed by atoms with van der Waals surface area (Å²) in [5, 5.41) is 17.3. The van der Waals surface area contributed by atoms with E-state index in [1.165, 1.54) is 6.07 Å². The molecule has 2 aromatic rings. The first kappa shape index (κ1) is 15.5. The van der Waals surface area contributed by atoms with Gasteiger partial charge in [0, 0.05) is 24.2 Å². The van der Waals surface area contributed by atoms with Crippen LogP contribution in [-0.4, -0.2) is 21.5 Å². The van der Waals surface area contributed by atoms with Crippen molar-refractivity contribution in [3.63, 3.8) is 0 Å². The van der Waals surface area contributed by atoms with E-state index in [2.05, 4.69) is 31.2 Å². The molecule has 0 spiro atoms. The highest BCUT2D eigenvalue weighted by Crippen LogP contribution is 2.30. The summed E-state index contributed by atoms with van der Waals surface area (Å²) in [6.07, 6.45) is 1.87. The van der Waals surface area contributed by atoms with Gasteiger partial charge in [-0.25, -0.2) is 4.39 Å². The Kier molecular flexibility index (Phi) is 4.32. The van der Waals surface area contributed by atoms with Gasteiger partial charge in [-0.05, 0) is 12.1 Å². The maximum atomic E-state index is 13.8. The molecule has 4 nitrogen and oxygen atoms in total. The van der Waals surface area contributed by atoms with E-state index < -0.39 is 6.04 Å². The van der Waals surface area contributed by atoms with Crippen LogP contribution in [0.4, 0.5) is 10.1 Å². The number of aromatic nitrogens is 2. The molecule has 0 saturated carbocycles. The van der Waals surface area contributed by atoms with Crippen molar-refractivity contribution in [2.45, 2.75) is 32.2 Å². The number of aliphatic hydroxyl groups excluding tert-OH is 1. The molecule has 21 heavy (non-hydrogen) atoms. The summed E-state index contributed by atoms with van der Waals surface area (Å²) in [6, 6.07) is 6.05. The molecule has 5 heteroatoms. The third-order valence-electron chi connectivity index (χ3n) is 3.33. The summed E-state index contributed by atoms with van der Waals surface area (Å²) in [4.78, 5) is 0. The first-order valence-electron chi connectivity index (χ1n) is 6.99. The van der Waals surface area contributed by atoms with E-state index in [1.807, 2.05) is 13.2 Å². The highest BCUT2D eigenvalue weighted by Gasteiger charge is 2.26. The van der Waals surface area contributed by atoms with Crippen LogP contribution < -0.4 is 5.32 Å². The summed E-state index contributed by atoms with van der Waals surface area (Å²) in [6.45, 7) is 6.06. The topological polar surface area (TPSA) is 50.1 Å². The van der Waals surface area contributed by atoms with Crippen LogP contribution in [0.5, 0.6) is 0 Å². The Balaban J connectivity index is 2.37. The average Bonchev–Trinajstić information content (AvgIpc) is 2.80. The molecule has 1 unspecified atom stereocenters. The molecule has 1 atom stereocenters. The molecule has 0 aliphatic heterocycles. The molecule has 0 aliphatic carbocycles. The van der Waals surface area contributed by atoms with Crippen molar-refractivity contribution < 1.29 is 9.50 Å². The zero-order valence-corrected chi connectivity index (χ0v) is 12.9. The Labute approximate surface area is 124 Å². The van der Waals surface area contributed by atoms with E-state index >= 15 is 0 Å². The number of rotatable bonds is 4. The Bertz CT molecular complexity index is 616. The second-order valence-electron chi connectivity index (χ2n) is 6.22. The Hall–Kier alpha value is -1.88. The summed E-state index contributed by atoms with van der Waals surface area (Å²) in [5.74, 6) is -0.336. The van der Waals surface area contributed by atoms with Gasteiger partial charge in [0.25, 0.3) is 0 Å². The van der Waals surface area contributed by atoms with E-state index in [0.29, 0.717) is 5.69 Å². The van der Waals surface area contributed by atoms with Crippen molar-refractivity contribution in [2.24, 2.45) is 7.05 Å². The SMILES string of the molecule is Cn1cc(C(CO)Nc2ccccc2F)c(C(C)(C)C)n1. The molecule has 0 fully saturated rings. The monoisotopic (exact) mass is 291 g/mol. The zero-order valence-electron chi connectivity index (χ0n) is 12.9. The van der Waals surface area contributed by atoms with Crippen LogP contribution in [0.3, 0.4) is 0 Å². The van der Waals surface area contributed by atoms with Crippen molar-refractivity contribution in [1.29, 1.82) is 0 Å². The molecule has 114 valence electrons. The van der Waals surface area contributed by atoms with Gasteiger partial charge in [0.15, 0.2) is 0 Å². The van der Waals surface area contributed by atoms with Crippen LogP contribution in [0.2, 0.25) is 0 Å². The lowest BCUT2D eigenvalue weighted by Gasteiger charge is -2.23. The largest absolute Gasteiger partial charge is 0.394 e. The fourth-order valence-electron chi connectivity index (χ4n) is 2.33. The van der Waals surface area contributed by atoms with Crippen molar-refractivity contribution in [1.82, 2.24) is 9.78 Å². The molecule has 1 heterocycles. The van der Waals surface area contributed by atoms with Gasteiger partial charge < -0.3 is 10.4 Å². The molecular weight excluding hydrogens is 269 g/mol. The molecule has 0 amide bonds. The van der Waals surface area contributed by atoms with Crippen LogP contribution in [0.15, 0.2) is 30.5 Å². The van der Waals surface area contributed by atoms with Crippen molar-refractivity contribution in [3.05, 3.63) is 47.5 Å². The summed E-state index contributed by atoms with van der Waals surface area (Å²) in [5.41, 5.74) is 2.00. The number of aliphatic hydroxyl groups is 1. The minimum Gasteiger partial charge on any atom is -0.394 e. The minimum atomic E-state index is -0.398. The number of aryl methyl sites for hydroxylation is 1. The van der Waals surface area contributed by atoms with E-state index in [-0.39, 0.29) is 17.8 Å². The molecule has 2 N–H and O–H groups in total. The van der Waals surface area contributed by atoms with Crippen LogP contribution in [0.25, 0.3) is 0 Å². The van der Waals surface area contributed by atoms with E-state index in [1.54, 1.807) is 22.9 Å². The van der Waals surface area contributed by atoms with Gasteiger partial charge in [-0.3, -0.25) is 4.68 Å². The predicted molar refractivity (Wildman–Crippen MR) is 81.8 cm³/mol. The molecule has 0 saturated heterocycles. The maximum Gasteiger partial charge on any atom is 0.146 e. The van der Waals surface area contributed by atoms with Gasteiger partial charge in [0.2, 0.25) is 0 Å². The standard InChI is InChI=1S/C16H22FN3O/c1-16(2,3)15-11(9-20(4)19-15)14(10-21)18-13-8-6-5-7-12(13)17/h5-9,14,18,21H,10H2,1-4H3. The normalized spacial score (nSPS) is 13.2. The Morgan fingerprint density at radius 1 is 1.33 bits per heavy atom. The summed E-state index contributed by atoms with van der Waals surface area (Å²) in [7, 11) is 1.84. The molecule has 0 radical (unpaired) electrons. The van der Waals surface area contributed by atoms with Crippen LogP contribution in [0.1, 0.15) is 38.1 Å². The fourth-order valence-corrected chi connectivity index (χ4v) is 2.33. The Morgan fingerprint density at radius 3 is 2.57 bits per heavy atom. The van der Waals surface area contributed by atoms with Gasteiger partial charge in [-0.15, -0.1) is 0 Å². The van der Waals surface area contributed by atoms with Crippen LogP contribution in [0, 0.1) is 5.82 Å². The lowest BCUT2D eigenvalue weighted by molar-refractivity contribution is 0.275. The quantitative estimate of drug-likeness (QED) is 0.910. The smallest absolute Gasteiger partial charge is 0.146 e. The first-order valence-corrected chi connectivity index (χ1v) is 6.99. The number of hydrogen-bond donors (Lipinski definition) is 2. The van der Waals surface area contributed by atoms with Gasteiger partial charge >= 0.3 is 0 Å². The van der Waals surface area contributed by atoms with Crippen LogP contribution in [-0.2, 0) is 12.5 Å². The third-order valence-corrected chi connectivity index (χ3v) is 3.33. The highest BCUT2D eigenvalue weighted by molar-refractivity contribution is 5.47. The van der Waals surface area contributed by atoms with E-state index in [0.717, 1.165) is 11.3 Å². The predicted octanol–water partition coefficient (Wildman–Crippen LogP) is 3.00. The van der Waals surface area contributed by atoms with E-state index in [4.69, 9.17) is 0 Å². The Morgan fingerprint density at radius 2 is 2.00 bits per heavy atom. The molecule has 0 aliphatic rings. The van der Waals surface area contributed by atoms with Gasteiger partial charge in [-0.1, -0.05) is 32.9 Å². The zero-order chi connectivity index (χ0) is 15.6. The first-order chi connectivity index (χ1) is 9.82. The lowest BCUT2D eigenvalue weighted by Crippen LogP contribution is -2.21. The van der Waals surface area contributed by atoms with Crippen molar-refractivity contribution >= 4 is 5.69 Å². The van der Waals surface area contributed by atoms with Gasteiger partial charge in [0.1, 0.15) is 5.82 Å². The second kappa shape index (κ2) is 5.85. The fraction of sp³-hybridized carbons (Fsp3) is 0.438. The number of halogens is 1. The van der Waals surface area contributed by atoms with E-state index in [9.17, 15) is 9.50 Å². The van der Waals surface area contributed by atoms with Crippen molar-refractivity contribution in [2.75, 3.05) is 11.9 Å². The molecular formula is C16H22FN3O. The number of benzene rings is 1. The second-order valence-corrected chi connectivity index (χ2v) is 6.22. The summed E-state index contributed by atoms with van der Waals surface area (Å²) >= 11 is 0. The van der Waals surface area contributed by atoms with Gasteiger partial charge in [-0.2, -0.15) is 5.10 Å². The van der Waals surface area contributed by atoms with Crippen molar-refractivity contribution in [3.8, 4) is 0 Å². The lowest BCUT2D eigenvalue weighted by atomic mass is 9.87. The molecule has 1 aromatic heterocycles. The number of hydrogen-bond acceptors (Lipinski definition) is 3. The number of nitrogens with zero attached hydrogens (tertiary/aromatic N) is 2. The van der Waals surface area contributed by atoms with Gasteiger partial charge in [0.05, 0.1) is 24.0 Å². The number of para-hydroxylation sites is 1. The molecule has 0 bridgehead atoms. The number of nitrogens with one attached hydrogen (secondary N) is 1. The highest BCUT2D eigenvalue weighted by atomic mass is 19.1. The average molecular weight is 291 g/mol. The molecule has 1 aromatic carbocycles. The maximum absolute atomic E-state index is 13.8. The minimum absolute atomic E-state index is 0.136.